The predicted octanol–water partition coefficient (Wildman–Crippen LogP) is -2.03. The Morgan fingerprint density at radius 2 is 1.50 bits per heavy atom. The van der Waals surface area contributed by atoms with Crippen LogP contribution in [-0.2, 0) is 0 Å². The standard InChI is InChI=1S/C5H12N2.ClH/c1-5(2,3)4(6)7;/h1-3H3,(H3,6,7);1H/p-1. The first-order chi connectivity index (χ1) is 2.94. The van der Waals surface area contributed by atoms with Crippen LogP contribution in [0.1, 0.15) is 20.8 Å². The Morgan fingerprint density at radius 3 is 1.50 bits per heavy atom. The summed E-state index contributed by atoms with van der Waals surface area (Å²) in [7, 11) is 0. The first kappa shape index (κ1) is 10.7. The van der Waals surface area contributed by atoms with Crippen LogP contribution in [-0.4, -0.2) is 5.84 Å². The quantitative estimate of drug-likeness (QED) is 0.292. The molecular weight excluding hydrogens is 124 g/mol. The number of nitrogens with one attached hydrogen (secondary N) is 1. The smallest absolute Gasteiger partial charge is 0.0960 e. The zero-order valence-electron chi connectivity index (χ0n) is 5.46. The van der Waals surface area contributed by atoms with Gasteiger partial charge in [-0.05, 0) is 0 Å². The highest BCUT2D eigenvalue weighted by atomic mass is 35.5. The van der Waals surface area contributed by atoms with Gasteiger partial charge in [-0.25, -0.2) is 0 Å². The largest absolute Gasteiger partial charge is 1.00 e. The average Bonchev–Trinajstić information content (AvgIpc) is 1.31. The molecule has 2 nitrogen and oxygen atoms in total. The Morgan fingerprint density at radius 1 is 1.38 bits per heavy atom. The van der Waals surface area contributed by atoms with E-state index in [9.17, 15) is 0 Å². The van der Waals surface area contributed by atoms with Crippen molar-refractivity contribution >= 4 is 5.84 Å². The molecule has 0 saturated carbocycles. The highest BCUT2D eigenvalue weighted by molar-refractivity contribution is 5.82. The molecule has 0 aliphatic heterocycles. The van der Waals surface area contributed by atoms with E-state index in [1.54, 1.807) is 0 Å². The minimum absolute atomic E-state index is 0. The van der Waals surface area contributed by atoms with Gasteiger partial charge in [0.25, 0.3) is 0 Å². The third kappa shape index (κ3) is 3.93. The molecule has 3 N–H and O–H groups in total. The molecule has 8 heavy (non-hydrogen) atoms. The van der Waals surface area contributed by atoms with Crippen LogP contribution in [0.2, 0.25) is 0 Å². The molecule has 50 valence electrons. The highest BCUT2D eigenvalue weighted by Gasteiger charge is 2.12. The first-order valence-electron chi connectivity index (χ1n) is 2.29. The van der Waals surface area contributed by atoms with Crippen molar-refractivity contribution in [1.29, 1.82) is 5.41 Å². The summed E-state index contributed by atoms with van der Waals surface area (Å²) in [6.45, 7) is 5.74. The molecule has 0 bridgehead atoms. The SMILES string of the molecule is CC(C)(C)C(=N)N.[Cl-]. The van der Waals surface area contributed by atoms with Crippen LogP contribution in [0.4, 0.5) is 0 Å². The number of halogens is 1. The summed E-state index contributed by atoms with van der Waals surface area (Å²) >= 11 is 0. The Balaban J connectivity index is 0. The summed E-state index contributed by atoms with van der Waals surface area (Å²) in [6.07, 6.45) is 0. The number of rotatable bonds is 0. The van der Waals surface area contributed by atoms with Crippen LogP contribution in [0, 0.1) is 10.8 Å². The molecule has 0 spiro atoms. The van der Waals surface area contributed by atoms with Gasteiger partial charge in [0.1, 0.15) is 0 Å². The van der Waals surface area contributed by atoms with Crippen molar-refractivity contribution in [1.82, 2.24) is 0 Å². The molecular formula is C5H12ClN2-. The van der Waals surface area contributed by atoms with Crippen molar-refractivity contribution in [2.24, 2.45) is 11.1 Å². The normalized spacial score (nSPS) is 9.88. The summed E-state index contributed by atoms with van der Waals surface area (Å²) in [5.41, 5.74) is 5.01. The summed E-state index contributed by atoms with van der Waals surface area (Å²) in [4.78, 5) is 0. The van der Waals surface area contributed by atoms with E-state index in [2.05, 4.69) is 0 Å². The van der Waals surface area contributed by atoms with Gasteiger partial charge in [-0.3, -0.25) is 5.41 Å². The van der Waals surface area contributed by atoms with E-state index >= 15 is 0 Å². The van der Waals surface area contributed by atoms with E-state index in [1.807, 2.05) is 20.8 Å². The van der Waals surface area contributed by atoms with Crippen molar-refractivity contribution in [3.63, 3.8) is 0 Å². The van der Waals surface area contributed by atoms with Gasteiger partial charge < -0.3 is 18.1 Å². The molecule has 0 aromatic heterocycles. The fourth-order valence-electron chi connectivity index (χ4n) is 0. The number of hydrogen-bond donors (Lipinski definition) is 2. The van der Waals surface area contributed by atoms with Crippen LogP contribution >= 0.6 is 0 Å². The third-order valence-electron chi connectivity index (χ3n) is 0.808. The molecule has 0 fully saturated rings. The molecule has 0 aromatic rings. The van der Waals surface area contributed by atoms with Crippen LogP contribution in [0.3, 0.4) is 0 Å². The second kappa shape index (κ2) is 2.92. The molecule has 0 saturated heterocycles. The molecule has 0 aliphatic rings. The van der Waals surface area contributed by atoms with E-state index in [0.717, 1.165) is 0 Å². The van der Waals surface area contributed by atoms with Crippen molar-refractivity contribution in [2.75, 3.05) is 0 Å². The molecule has 0 radical (unpaired) electrons. The molecule has 0 aliphatic carbocycles. The van der Waals surface area contributed by atoms with Gasteiger partial charge in [-0.2, -0.15) is 0 Å². The Bertz CT molecular complexity index is 82.9. The van der Waals surface area contributed by atoms with Crippen LogP contribution in [0.15, 0.2) is 0 Å². The van der Waals surface area contributed by atoms with Crippen molar-refractivity contribution in [3.05, 3.63) is 0 Å². The minimum Gasteiger partial charge on any atom is -1.00 e. The molecule has 0 unspecified atom stereocenters. The second-order valence-electron chi connectivity index (χ2n) is 2.66. The zero-order chi connectivity index (χ0) is 6.08. The van der Waals surface area contributed by atoms with E-state index in [0.29, 0.717) is 0 Å². The summed E-state index contributed by atoms with van der Waals surface area (Å²) < 4.78 is 0. The molecule has 0 amide bonds. The van der Waals surface area contributed by atoms with Gasteiger partial charge >= 0.3 is 0 Å². The average molecular weight is 136 g/mol. The number of nitrogens with two attached hydrogens (primary N) is 1. The zero-order valence-corrected chi connectivity index (χ0v) is 6.21. The Labute approximate surface area is 56.4 Å². The Kier molecular flexibility index (Phi) is 3.90. The maximum absolute atomic E-state index is 6.92. The van der Waals surface area contributed by atoms with E-state index in [1.165, 1.54) is 0 Å². The van der Waals surface area contributed by atoms with Gasteiger partial charge in [0.05, 0.1) is 5.84 Å². The molecule has 0 rings (SSSR count). The van der Waals surface area contributed by atoms with Crippen LogP contribution < -0.4 is 18.1 Å². The molecule has 0 heterocycles. The number of amidine groups is 1. The van der Waals surface area contributed by atoms with E-state index < -0.39 is 0 Å². The third-order valence-corrected chi connectivity index (χ3v) is 0.808. The first-order valence-corrected chi connectivity index (χ1v) is 2.29. The molecule has 0 aromatic carbocycles. The van der Waals surface area contributed by atoms with Gasteiger partial charge in [0.2, 0.25) is 0 Å². The topological polar surface area (TPSA) is 49.9 Å². The summed E-state index contributed by atoms with van der Waals surface area (Å²) in [5.74, 6) is 0.243. The fourth-order valence-corrected chi connectivity index (χ4v) is 0. The predicted molar refractivity (Wildman–Crippen MR) is 31.4 cm³/mol. The van der Waals surface area contributed by atoms with Gasteiger partial charge in [-0.1, -0.05) is 20.8 Å². The molecule has 0 atom stereocenters. The van der Waals surface area contributed by atoms with Gasteiger partial charge in [0, 0.05) is 5.41 Å². The van der Waals surface area contributed by atoms with Crippen molar-refractivity contribution in [2.45, 2.75) is 20.8 Å². The monoisotopic (exact) mass is 135 g/mol. The maximum Gasteiger partial charge on any atom is 0.0960 e. The second-order valence-corrected chi connectivity index (χ2v) is 2.66. The summed E-state index contributed by atoms with van der Waals surface area (Å²) in [5, 5.41) is 6.92. The van der Waals surface area contributed by atoms with Gasteiger partial charge in [0.15, 0.2) is 0 Å². The van der Waals surface area contributed by atoms with E-state index in [4.69, 9.17) is 11.1 Å². The van der Waals surface area contributed by atoms with Crippen LogP contribution in [0.25, 0.3) is 0 Å². The Hall–Kier alpha value is -0.240. The highest BCUT2D eigenvalue weighted by Crippen LogP contribution is 2.10. The lowest BCUT2D eigenvalue weighted by Crippen LogP contribution is -3.00. The lowest BCUT2D eigenvalue weighted by atomic mass is 9.96. The maximum atomic E-state index is 6.92. The lowest BCUT2D eigenvalue weighted by molar-refractivity contribution is -0.00000227. The van der Waals surface area contributed by atoms with Crippen molar-refractivity contribution in [3.8, 4) is 0 Å². The molecule has 3 heteroatoms. The number of hydrogen-bond acceptors (Lipinski definition) is 1. The van der Waals surface area contributed by atoms with Crippen LogP contribution in [0.5, 0.6) is 0 Å². The fraction of sp³-hybridized carbons (Fsp3) is 0.800. The van der Waals surface area contributed by atoms with Gasteiger partial charge in [-0.15, -0.1) is 0 Å². The minimum atomic E-state index is -0.139. The lowest BCUT2D eigenvalue weighted by Gasteiger charge is -2.14. The summed E-state index contributed by atoms with van der Waals surface area (Å²) in [6, 6.07) is 0. The van der Waals surface area contributed by atoms with E-state index in [-0.39, 0.29) is 23.7 Å². The van der Waals surface area contributed by atoms with Crippen molar-refractivity contribution < 1.29 is 12.4 Å².